The molecular weight excluding hydrogens is 380 g/mol. The molecule has 0 amide bonds. The van der Waals surface area contributed by atoms with Crippen LogP contribution in [-0.4, -0.2) is 38.8 Å². The van der Waals surface area contributed by atoms with Crippen molar-refractivity contribution >= 4 is 22.6 Å². The van der Waals surface area contributed by atoms with Gasteiger partial charge in [-0.3, -0.25) is 0 Å². The van der Waals surface area contributed by atoms with Gasteiger partial charge >= 0.3 is 5.97 Å². The highest BCUT2D eigenvalue weighted by Crippen LogP contribution is 2.42. The van der Waals surface area contributed by atoms with Crippen LogP contribution in [0, 0.1) is 5.92 Å². The van der Waals surface area contributed by atoms with Gasteiger partial charge in [-0.05, 0) is 47.0 Å². The van der Waals surface area contributed by atoms with Crippen LogP contribution in [0.1, 0.15) is 29.8 Å². The molecule has 0 fully saturated rings. The minimum absolute atomic E-state index is 0.272. The first-order valence-corrected chi connectivity index (χ1v) is 9.99. The Hall–Kier alpha value is -3.28. The van der Waals surface area contributed by atoms with Crippen molar-refractivity contribution in [3.63, 3.8) is 0 Å². The molecule has 0 atom stereocenters. The Labute approximate surface area is 176 Å². The van der Waals surface area contributed by atoms with E-state index in [-0.39, 0.29) is 12.6 Å². The largest absolute Gasteiger partial charge is 0.493 e. The van der Waals surface area contributed by atoms with Gasteiger partial charge in [-0.1, -0.05) is 13.8 Å². The lowest BCUT2D eigenvalue weighted by molar-refractivity contribution is 0.0535. The molecule has 2 heterocycles. The van der Waals surface area contributed by atoms with Gasteiger partial charge in [-0.2, -0.15) is 0 Å². The highest BCUT2D eigenvalue weighted by molar-refractivity contribution is 6.11. The number of esters is 1. The van der Waals surface area contributed by atoms with Crippen molar-refractivity contribution < 1.29 is 19.0 Å². The Bertz CT molecular complexity index is 1110. The Morgan fingerprint density at radius 3 is 2.47 bits per heavy atom. The molecule has 3 aromatic rings. The molecule has 2 aromatic carbocycles. The summed E-state index contributed by atoms with van der Waals surface area (Å²) < 4.78 is 16.3. The van der Waals surface area contributed by atoms with Gasteiger partial charge < -0.3 is 19.1 Å². The number of rotatable bonds is 6. The molecular formula is C24H26N2O4. The normalized spacial score (nSPS) is 12.8. The first-order valence-electron chi connectivity index (χ1n) is 9.99. The minimum atomic E-state index is -0.308. The van der Waals surface area contributed by atoms with Crippen molar-refractivity contribution in [2.75, 3.05) is 32.7 Å². The Morgan fingerprint density at radius 2 is 1.83 bits per heavy atom. The Kier molecular flexibility index (Phi) is 5.24. The highest BCUT2D eigenvalue weighted by Gasteiger charge is 2.28. The molecule has 0 saturated carbocycles. The zero-order chi connectivity index (χ0) is 21.4. The number of carbonyl (C=O) groups is 1. The van der Waals surface area contributed by atoms with Crippen molar-refractivity contribution in [3.05, 3.63) is 47.7 Å². The van der Waals surface area contributed by atoms with E-state index in [1.807, 2.05) is 43.6 Å². The van der Waals surface area contributed by atoms with E-state index in [1.165, 1.54) is 0 Å². The van der Waals surface area contributed by atoms with E-state index < -0.39 is 0 Å². The number of hydrogen-bond donors (Lipinski definition) is 0. The first kappa shape index (κ1) is 20.0. The highest BCUT2D eigenvalue weighted by atomic mass is 16.5. The zero-order valence-electron chi connectivity index (χ0n) is 18.0. The molecule has 0 unspecified atom stereocenters. The molecule has 1 aromatic heterocycles. The first-order chi connectivity index (χ1) is 14.4. The number of hydrogen-bond acceptors (Lipinski definition) is 6. The predicted octanol–water partition coefficient (Wildman–Crippen LogP) is 4.68. The van der Waals surface area contributed by atoms with E-state index in [0.29, 0.717) is 23.0 Å². The summed E-state index contributed by atoms with van der Waals surface area (Å²) in [6.07, 6.45) is 1.82. The third-order valence-electron chi connectivity index (χ3n) is 5.36. The lowest BCUT2D eigenvalue weighted by atomic mass is 9.91. The topological polar surface area (TPSA) is 60.9 Å². The third-order valence-corrected chi connectivity index (χ3v) is 5.36. The monoisotopic (exact) mass is 406 g/mol. The van der Waals surface area contributed by atoms with Crippen LogP contribution in [0.25, 0.3) is 21.9 Å². The fraction of sp³-hybridized carbons (Fsp3) is 0.333. The lowest BCUT2D eigenvalue weighted by Gasteiger charge is -2.21. The molecule has 0 radical (unpaired) electrons. The SMILES string of the molecule is COc1cc2cc3c(c(-c4ccc(N(C)CC(C)C)nc4)c2cc1OC)C(=O)OC3. The van der Waals surface area contributed by atoms with Gasteiger partial charge in [0, 0.05) is 36.5 Å². The molecule has 0 aliphatic carbocycles. The smallest absolute Gasteiger partial charge is 0.339 e. The maximum atomic E-state index is 12.6. The van der Waals surface area contributed by atoms with Gasteiger partial charge in [-0.15, -0.1) is 0 Å². The number of aromatic nitrogens is 1. The second kappa shape index (κ2) is 7.86. The van der Waals surface area contributed by atoms with Gasteiger partial charge in [0.2, 0.25) is 0 Å². The number of nitrogens with zero attached hydrogens (tertiary/aromatic N) is 2. The quantitative estimate of drug-likeness (QED) is 0.554. The van der Waals surface area contributed by atoms with Crippen LogP contribution in [0.15, 0.2) is 36.5 Å². The molecule has 1 aliphatic heterocycles. The van der Waals surface area contributed by atoms with E-state index in [2.05, 4.69) is 23.7 Å². The number of methoxy groups -OCH3 is 2. The fourth-order valence-corrected chi connectivity index (χ4v) is 4.05. The maximum Gasteiger partial charge on any atom is 0.339 e. The van der Waals surface area contributed by atoms with Crippen molar-refractivity contribution in [2.45, 2.75) is 20.5 Å². The second-order valence-electron chi connectivity index (χ2n) is 7.97. The zero-order valence-corrected chi connectivity index (χ0v) is 18.0. The van der Waals surface area contributed by atoms with E-state index in [0.717, 1.165) is 39.8 Å². The molecule has 0 saturated heterocycles. The van der Waals surface area contributed by atoms with Crippen molar-refractivity contribution in [1.82, 2.24) is 4.98 Å². The molecule has 4 rings (SSSR count). The summed E-state index contributed by atoms with van der Waals surface area (Å²) in [5.41, 5.74) is 3.15. The fourth-order valence-electron chi connectivity index (χ4n) is 4.05. The number of fused-ring (bicyclic) bond motifs is 2. The summed E-state index contributed by atoms with van der Waals surface area (Å²) in [4.78, 5) is 19.4. The van der Waals surface area contributed by atoms with E-state index >= 15 is 0 Å². The summed E-state index contributed by atoms with van der Waals surface area (Å²) in [6.45, 7) is 5.54. The summed E-state index contributed by atoms with van der Waals surface area (Å²) >= 11 is 0. The average Bonchev–Trinajstić information content (AvgIpc) is 3.11. The maximum absolute atomic E-state index is 12.6. The van der Waals surface area contributed by atoms with Crippen LogP contribution in [0.4, 0.5) is 5.82 Å². The molecule has 6 heteroatoms. The summed E-state index contributed by atoms with van der Waals surface area (Å²) in [7, 11) is 5.25. The van der Waals surface area contributed by atoms with Crippen LogP contribution in [0.3, 0.4) is 0 Å². The standard InChI is InChI=1S/C24H26N2O4/c1-14(2)12-26(3)21-7-6-15(11-25-21)22-18-10-20(29-5)19(28-4)9-16(18)8-17-13-30-24(27)23(17)22/h6-11,14H,12-13H2,1-5H3. The van der Waals surface area contributed by atoms with Gasteiger partial charge in [0.05, 0.1) is 19.8 Å². The van der Waals surface area contributed by atoms with Crippen LogP contribution < -0.4 is 14.4 Å². The van der Waals surface area contributed by atoms with Gasteiger partial charge in [-0.25, -0.2) is 9.78 Å². The molecule has 1 aliphatic rings. The Morgan fingerprint density at radius 1 is 1.10 bits per heavy atom. The van der Waals surface area contributed by atoms with Gasteiger partial charge in [0.25, 0.3) is 0 Å². The molecule has 30 heavy (non-hydrogen) atoms. The van der Waals surface area contributed by atoms with Crippen LogP contribution >= 0.6 is 0 Å². The number of carbonyl (C=O) groups excluding carboxylic acids is 1. The number of anilines is 1. The predicted molar refractivity (Wildman–Crippen MR) is 118 cm³/mol. The number of pyridine rings is 1. The number of ether oxygens (including phenoxy) is 3. The Balaban J connectivity index is 1.91. The summed E-state index contributed by atoms with van der Waals surface area (Å²) in [5.74, 6) is 2.38. The third kappa shape index (κ3) is 3.43. The number of benzene rings is 2. The van der Waals surface area contributed by atoms with Crippen molar-refractivity contribution in [1.29, 1.82) is 0 Å². The second-order valence-corrected chi connectivity index (χ2v) is 7.97. The van der Waals surface area contributed by atoms with Gasteiger partial charge in [0.1, 0.15) is 12.4 Å². The van der Waals surface area contributed by atoms with Crippen LogP contribution in [-0.2, 0) is 11.3 Å². The van der Waals surface area contributed by atoms with Crippen LogP contribution in [0.2, 0.25) is 0 Å². The minimum Gasteiger partial charge on any atom is -0.493 e. The number of cyclic esters (lactones) is 1. The van der Waals surface area contributed by atoms with Gasteiger partial charge in [0.15, 0.2) is 11.5 Å². The molecule has 0 bridgehead atoms. The van der Waals surface area contributed by atoms with E-state index in [4.69, 9.17) is 14.2 Å². The average molecular weight is 406 g/mol. The van der Waals surface area contributed by atoms with Crippen LogP contribution in [0.5, 0.6) is 11.5 Å². The summed E-state index contributed by atoms with van der Waals surface area (Å²) in [6, 6.07) is 9.83. The molecule has 156 valence electrons. The van der Waals surface area contributed by atoms with Crippen molar-refractivity contribution in [3.8, 4) is 22.6 Å². The summed E-state index contributed by atoms with van der Waals surface area (Å²) in [5, 5.41) is 1.86. The lowest BCUT2D eigenvalue weighted by Crippen LogP contribution is -2.23. The molecule has 0 spiro atoms. The van der Waals surface area contributed by atoms with Crippen molar-refractivity contribution in [2.24, 2.45) is 5.92 Å². The molecule has 0 N–H and O–H groups in total. The van der Waals surface area contributed by atoms with E-state index in [9.17, 15) is 4.79 Å². The molecule has 6 nitrogen and oxygen atoms in total. The van der Waals surface area contributed by atoms with E-state index in [1.54, 1.807) is 14.2 Å².